The third kappa shape index (κ3) is 5.17. The van der Waals surface area contributed by atoms with Crippen LogP contribution in [-0.4, -0.2) is 28.7 Å². The molecule has 33 heavy (non-hydrogen) atoms. The molecule has 0 radical (unpaired) electrons. The van der Waals surface area contributed by atoms with Crippen molar-refractivity contribution < 1.29 is 9.59 Å². The van der Waals surface area contributed by atoms with Gasteiger partial charge in [-0.25, -0.2) is 5.43 Å². The summed E-state index contributed by atoms with van der Waals surface area (Å²) in [5.74, 6) is 0.328. The normalized spacial score (nSPS) is 15.9. The van der Waals surface area contributed by atoms with Gasteiger partial charge in [-0.15, -0.1) is 11.8 Å². The molecule has 1 aliphatic rings. The van der Waals surface area contributed by atoms with Crippen LogP contribution in [0, 0.1) is 20.8 Å². The van der Waals surface area contributed by atoms with Gasteiger partial charge in [0.05, 0.1) is 12.0 Å². The Hall–Kier alpha value is -3.38. The molecule has 1 heterocycles. The molecular weight excluding hydrogens is 430 g/mol. The fraction of sp³-hybridized carbons (Fsp3) is 0.222. The molecule has 1 atom stereocenters. The number of aryl methyl sites for hydroxylation is 1. The third-order valence-corrected chi connectivity index (χ3v) is 7.35. The van der Waals surface area contributed by atoms with E-state index in [9.17, 15) is 9.59 Å². The fourth-order valence-electron chi connectivity index (χ4n) is 3.82. The molecule has 5 nitrogen and oxygen atoms in total. The van der Waals surface area contributed by atoms with Gasteiger partial charge in [-0.3, -0.25) is 9.59 Å². The van der Waals surface area contributed by atoms with Gasteiger partial charge in [0.25, 0.3) is 5.91 Å². The standard InChI is InChI=1S/C27H27N3O2S/c1-18-9-10-24(20(3)19(18)2)15-28-29-26(32)22-11-13-23(14-12-22)27-30(25(31)17-33-27)16-21-7-5-4-6-8-21/h4-15,27H,16-17H2,1-3H3,(H,29,32)/b28-15-/t27-/m1/s1. The van der Waals surface area contributed by atoms with E-state index >= 15 is 0 Å². The van der Waals surface area contributed by atoms with Gasteiger partial charge in [0, 0.05) is 12.1 Å². The summed E-state index contributed by atoms with van der Waals surface area (Å²) in [6, 6.07) is 21.4. The van der Waals surface area contributed by atoms with Gasteiger partial charge in [0.2, 0.25) is 5.91 Å². The number of nitrogens with zero attached hydrogens (tertiary/aromatic N) is 2. The number of carbonyl (C=O) groups is 2. The fourth-order valence-corrected chi connectivity index (χ4v) is 5.01. The van der Waals surface area contributed by atoms with Crippen molar-refractivity contribution in [1.82, 2.24) is 10.3 Å². The number of nitrogens with one attached hydrogen (secondary N) is 1. The summed E-state index contributed by atoms with van der Waals surface area (Å²) >= 11 is 1.61. The van der Waals surface area contributed by atoms with Gasteiger partial charge < -0.3 is 4.90 Å². The second kappa shape index (κ2) is 10.0. The lowest BCUT2D eigenvalue weighted by molar-refractivity contribution is -0.128. The summed E-state index contributed by atoms with van der Waals surface area (Å²) in [5, 5.41) is 4.08. The lowest BCUT2D eigenvalue weighted by Crippen LogP contribution is -2.27. The molecule has 0 spiro atoms. The SMILES string of the molecule is Cc1ccc(/C=N\NC(=O)c2ccc([C@H]3SCC(=O)N3Cc3ccccc3)cc2)c(C)c1C. The Morgan fingerprint density at radius 3 is 2.48 bits per heavy atom. The summed E-state index contributed by atoms with van der Waals surface area (Å²) in [6.07, 6.45) is 1.68. The number of hydrazone groups is 1. The summed E-state index contributed by atoms with van der Waals surface area (Å²) in [7, 11) is 0. The van der Waals surface area contributed by atoms with E-state index in [1.807, 2.05) is 53.4 Å². The van der Waals surface area contributed by atoms with Crippen LogP contribution in [0.5, 0.6) is 0 Å². The minimum absolute atomic E-state index is 0.0550. The second-order valence-electron chi connectivity index (χ2n) is 8.21. The molecule has 1 N–H and O–H groups in total. The van der Waals surface area contributed by atoms with E-state index in [0.29, 0.717) is 17.9 Å². The zero-order valence-corrected chi connectivity index (χ0v) is 19.9. The van der Waals surface area contributed by atoms with Crippen LogP contribution in [0.1, 0.15) is 49.1 Å². The van der Waals surface area contributed by atoms with Crippen LogP contribution in [0.4, 0.5) is 0 Å². The van der Waals surface area contributed by atoms with E-state index in [1.165, 1.54) is 11.1 Å². The van der Waals surface area contributed by atoms with Crippen molar-refractivity contribution in [2.75, 3.05) is 5.75 Å². The van der Waals surface area contributed by atoms with E-state index in [0.717, 1.165) is 22.3 Å². The van der Waals surface area contributed by atoms with E-state index in [-0.39, 0.29) is 17.2 Å². The average Bonchev–Trinajstić information content (AvgIpc) is 3.19. The zero-order chi connectivity index (χ0) is 23.4. The predicted molar refractivity (Wildman–Crippen MR) is 134 cm³/mol. The van der Waals surface area contributed by atoms with Crippen LogP contribution in [0.3, 0.4) is 0 Å². The van der Waals surface area contributed by atoms with Crippen molar-refractivity contribution in [2.24, 2.45) is 5.10 Å². The van der Waals surface area contributed by atoms with E-state index in [2.05, 4.69) is 37.4 Å². The van der Waals surface area contributed by atoms with Crippen LogP contribution in [0.15, 0.2) is 71.8 Å². The lowest BCUT2D eigenvalue weighted by Gasteiger charge is -2.24. The summed E-state index contributed by atoms with van der Waals surface area (Å²) in [4.78, 5) is 26.9. The molecule has 4 rings (SSSR count). The van der Waals surface area contributed by atoms with Crippen molar-refractivity contribution in [3.05, 3.63) is 106 Å². The Morgan fingerprint density at radius 2 is 1.76 bits per heavy atom. The number of hydrogen-bond acceptors (Lipinski definition) is 4. The summed E-state index contributed by atoms with van der Waals surface area (Å²) in [5.41, 5.74) is 9.84. The first-order valence-corrected chi connectivity index (χ1v) is 11.9. The highest BCUT2D eigenvalue weighted by atomic mass is 32.2. The molecule has 0 aliphatic carbocycles. The first kappa shape index (κ1) is 22.8. The maximum Gasteiger partial charge on any atom is 0.271 e. The van der Waals surface area contributed by atoms with Crippen molar-refractivity contribution in [3.63, 3.8) is 0 Å². The van der Waals surface area contributed by atoms with Crippen LogP contribution in [0.2, 0.25) is 0 Å². The van der Waals surface area contributed by atoms with Crippen molar-refractivity contribution in [2.45, 2.75) is 32.7 Å². The molecular formula is C27H27N3O2S. The maximum atomic E-state index is 12.5. The number of amides is 2. The van der Waals surface area contributed by atoms with Gasteiger partial charge in [0.1, 0.15) is 5.37 Å². The highest BCUT2D eigenvalue weighted by Gasteiger charge is 2.32. The first-order chi connectivity index (χ1) is 15.9. The van der Waals surface area contributed by atoms with Gasteiger partial charge in [-0.1, -0.05) is 54.6 Å². The van der Waals surface area contributed by atoms with E-state index in [4.69, 9.17) is 0 Å². The van der Waals surface area contributed by atoms with Crippen LogP contribution < -0.4 is 5.43 Å². The molecule has 1 saturated heterocycles. The number of rotatable bonds is 6. The Balaban J connectivity index is 1.41. The number of benzene rings is 3. The molecule has 1 fully saturated rings. The third-order valence-electron chi connectivity index (χ3n) is 6.09. The molecule has 3 aromatic rings. The van der Waals surface area contributed by atoms with Crippen molar-refractivity contribution in [3.8, 4) is 0 Å². The highest BCUT2D eigenvalue weighted by Crippen LogP contribution is 2.39. The number of hydrogen-bond donors (Lipinski definition) is 1. The van der Waals surface area contributed by atoms with Crippen LogP contribution in [-0.2, 0) is 11.3 Å². The monoisotopic (exact) mass is 457 g/mol. The molecule has 0 bridgehead atoms. The molecule has 1 aliphatic heterocycles. The Morgan fingerprint density at radius 1 is 1.03 bits per heavy atom. The summed E-state index contributed by atoms with van der Waals surface area (Å²) in [6.45, 7) is 6.79. The van der Waals surface area contributed by atoms with Gasteiger partial charge in [-0.05, 0) is 66.3 Å². The smallest absolute Gasteiger partial charge is 0.271 e. The molecule has 168 valence electrons. The van der Waals surface area contributed by atoms with E-state index in [1.54, 1.807) is 30.1 Å². The van der Waals surface area contributed by atoms with Crippen molar-refractivity contribution in [1.29, 1.82) is 0 Å². The minimum atomic E-state index is -0.268. The quantitative estimate of drug-likeness (QED) is 0.411. The topological polar surface area (TPSA) is 61.8 Å². The zero-order valence-electron chi connectivity index (χ0n) is 19.0. The molecule has 6 heteroatoms. The van der Waals surface area contributed by atoms with Gasteiger partial charge >= 0.3 is 0 Å². The maximum absolute atomic E-state index is 12.5. The molecule has 3 aromatic carbocycles. The Labute approximate surface area is 198 Å². The first-order valence-electron chi connectivity index (χ1n) is 10.9. The predicted octanol–water partition coefficient (Wildman–Crippen LogP) is 5.15. The van der Waals surface area contributed by atoms with Crippen molar-refractivity contribution >= 4 is 29.8 Å². The van der Waals surface area contributed by atoms with Gasteiger partial charge in [0.15, 0.2) is 0 Å². The average molecular weight is 458 g/mol. The molecule has 0 unspecified atom stereocenters. The number of thioether (sulfide) groups is 1. The Kier molecular flexibility index (Phi) is 6.94. The molecule has 0 aromatic heterocycles. The highest BCUT2D eigenvalue weighted by molar-refractivity contribution is 8.00. The van der Waals surface area contributed by atoms with Crippen LogP contribution >= 0.6 is 11.8 Å². The Bertz CT molecular complexity index is 1190. The molecule has 0 saturated carbocycles. The minimum Gasteiger partial charge on any atom is -0.322 e. The molecule has 2 amide bonds. The lowest BCUT2D eigenvalue weighted by atomic mass is 10.00. The second-order valence-corrected chi connectivity index (χ2v) is 9.28. The largest absolute Gasteiger partial charge is 0.322 e. The number of carbonyl (C=O) groups excluding carboxylic acids is 2. The van der Waals surface area contributed by atoms with Crippen LogP contribution in [0.25, 0.3) is 0 Å². The van der Waals surface area contributed by atoms with E-state index < -0.39 is 0 Å². The summed E-state index contributed by atoms with van der Waals surface area (Å²) < 4.78 is 0. The van der Waals surface area contributed by atoms with Gasteiger partial charge in [-0.2, -0.15) is 5.10 Å².